The second-order valence-electron chi connectivity index (χ2n) is 8.85. The van der Waals surface area contributed by atoms with E-state index >= 15 is 0 Å². The van der Waals surface area contributed by atoms with Gasteiger partial charge in [0.25, 0.3) is 0 Å². The number of hydrogen-bond donors (Lipinski definition) is 5. The molecule has 154 valence electrons. The van der Waals surface area contributed by atoms with Gasteiger partial charge in [0.1, 0.15) is 24.5 Å². The summed E-state index contributed by atoms with van der Waals surface area (Å²) in [6.07, 6.45) is 0.747. The van der Waals surface area contributed by atoms with E-state index in [0.29, 0.717) is 25.1 Å². The van der Waals surface area contributed by atoms with E-state index in [2.05, 4.69) is 15.5 Å². The summed E-state index contributed by atoms with van der Waals surface area (Å²) < 4.78 is 12.3. The number of fused-ring (bicyclic) bond motifs is 2. The summed E-state index contributed by atoms with van der Waals surface area (Å²) >= 11 is 6.32. The lowest BCUT2D eigenvalue weighted by atomic mass is 9.76. The molecule has 1 aliphatic carbocycles. The maximum absolute atomic E-state index is 10.8. The Bertz CT molecular complexity index is 559. The van der Waals surface area contributed by atoms with Crippen molar-refractivity contribution in [3.8, 4) is 0 Å². The van der Waals surface area contributed by atoms with Gasteiger partial charge in [0.05, 0.1) is 25.0 Å². The number of halogens is 1. The molecule has 0 amide bonds. The van der Waals surface area contributed by atoms with Crippen LogP contribution >= 0.6 is 11.6 Å². The van der Waals surface area contributed by atoms with Crippen LogP contribution in [0.3, 0.4) is 0 Å². The first-order valence-electron chi connectivity index (χ1n) is 10.3. The van der Waals surface area contributed by atoms with Gasteiger partial charge in [-0.15, -0.1) is 11.6 Å². The van der Waals surface area contributed by atoms with Crippen molar-refractivity contribution >= 4 is 11.6 Å². The summed E-state index contributed by atoms with van der Waals surface area (Å²) in [4.78, 5) is 2.13. The number of likely N-dealkylation sites (tertiary alicyclic amines) is 1. The zero-order valence-corrected chi connectivity index (χ0v) is 16.2. The van der Waals surface area contributed by atoms with E-state index in [1.165, 1.54) is 0 Å². The number of nitrogens with zero attached hydrogens (tertiary/aromatic N) is 1. The third kappa shape index (κ3) is 3.14. The lowest BCUT2D eigenvalue weighted by Crippen LogP contribution is -2.64. The molecule has 5 aliphatic rings. The SMILES string of the molecule is NC1NCNC2C1CCN2[C@@H]1O[C@H]([C@H]2OCC3CC(Cl)CCC32)[C@@H](O)[C@H]1O. The lowest BCUT2D eigenvalue weighted by molar-refractivity contribution is -0.135. The number of ether oxygens (including phenoxy) is 2. The van der Waals surface area contributed by atoms with Crippen LogP contribution in [0.15, 0.2) is 0 Å². The number of aliphatic hydroxyl groups excluding tert-OH is 2. The third-order valence-electron chi connectivity index (χ3n) is 7.42. The maximum Gasteiger partial charge on any atom is 0.141 e. The number of aliphatic hydroxyl groups is 2. The molecule has 0 bridgehead atoms. The quantitative estimate of drug-likeness (QED) is 0.371. The average molecular weight is 403 g/mol. The van der Waals surface area contributed by atoms with Crippen molar-refractivity contribution in [2.75, 3.05) is 19.8 Å². The van der Waals surface area contributed by atoms with Gasteiger partial charge in [-0.1, -0.05) is 0 Å². The lowest BCUT2D eigenvalue weighted by Gasteiger charge is -2.39. The van der Waals surface area contributed by atoms with Crippen molar-refractivity contribution in [1.82, 2.24) is 15.5 Å². The molecule has 5 rings (SSSR count). The predicted molar refractivity (Wildman–Crippen MR) is 98.6 cm³/mol. The zero-order chi connectivity index (χ0) is 18.7. The Balaban J connectivity index is 1.30. The van der Waals surface area contributed by atoms with Crippen LogP contribution in [-0.4, -0.2) is 83.3 Å². The molecule has 27 heavy (non-hydrogen) atoms. The van der Waals surface area contributed by atoms with E-state index in [1.54, 1.807) is 0 Å². The normalized spacial score (nSPS) is 56.2. The van der Waals surface area contributed by atoms with E-state index in [0.717, 1.165) is 32.2 Å². The number of alkyl halides is 1. The highest BCUT2D eigenvalue weighted by Gasteiger charge is 2.56. The Morgan fingerprint density at radius 3 is 2.74 bits per heavy atom. The predicted octanol–water partition coefficient (Wildman–Crippen LogP) is -1.06. The Hall–Kier alpha value is -0.0300. The van der Waals surface area contributed by atoms with Crippen LogP contribution in [0.1, 0.15) is 25.7 Å². The molecule has 8 nitrogen and oxygen atoms in total. The second-order valence-corrected chi connectivity index (χ2v) is 9.47. The summed E-state index contributed by atoms with van der Waals surface area (Å²) in [7, 11) is 0. The van der Waals surface area contributed by atoms with Gasteiger partial charge in [0.15, 0.2) is 0 Å². The van der Waals surface area contributed by atoms with Gasteiger partial charge in [0, 0.05) is 24.5 Å². The Kier molecular flexibility index (Phi) is 5.16. The van der Waals surface area contributed by atoms with E-state index in [-0.39, 0.29) is 29.7 Å². The van der Waals surface area contributed by atoms with Crippen LogP contribution in [0.4, 0.5) is 0 Å². The van der Waals surface area contributed by atoms with Gasteiger partial charge in [-0.2, -0.15) is 0 Å². The van der Waals surface area contributed by atoms with Gasteiger partial charge >= 0.3 is 0 Å². The number of hydrogen-bond acceptors (Lipinski definition) is 8. The molecular weight excluding hydrogens is 372 g/mol. The van der Waals surface area contributed by atoms with E-state index < -0.39 is 24.5 Å². The zero-order valence-electron chi connectivity index (χ0n) is 15.4. The topological polar surface area (TPSA) is 112 Å². The fraction of sp³-hybridized carbons (Fsp3) is 1.00. The molecule has 0 spiro atoms. The third-order valence-corrected chi connectivity index (χ3v) is 7.82. The molecule has 0 aromatic heterocycles. The van der Waals surface area contributed by atoms with Crippen LogP contribution in [0.2, 0.25) is 0 Å². The molecule has 4 aliphatic heterocycles. The van der Waals surface area contributed by atoms with E-state index in [1.807, 2.05) is 0 Å². The minimum Gasteiger partial charge on any atom is -0.387 e. The van der Waals surface area contributed by atoms with Crippen molar-refractivity contribution in [1.29, 1.82) is 0 Å². The molecule has 4 heterocycles. The van der Waals surface area contributed by atoms with Crippen molar-refractivity contribution in [3.63, 3.8) is 0 Å². The molecule has 6 N–H and O–H groups in total. The molecular formula is C18H31ClN4O4. The molecule has 4 saturated heterocycles. The van der Waals surface area contributed by atoms with Gasteiger partial charge in [-0.25, -0.2) is 0 Å². The maximum atomic E-state index is 10.8. The Labute approximate surface area is 164 Å². The Morgan fingerprint density at radius 1 is 1.04 bits per heavy atom. The summed E-state index contributed by atoms with van der Waals surface area (Å²) in [5, 5.41) is 28.4. The molecule has 0 radical (unpaired) electrons. The first-order chi connectivity index (χ1) is 13.0. The summed E-state index contributed by atoms with van der Waals surface area (Å²) in [6.45, 7) is 2.08. The van der Waals surface area contributed by atoms with E-state index in [9.17, 15) is 10.2 Å². The second kappa shape index (κ2) is 7.34. The van der Waals surface area contributed by atoms with Gasteiger partial charge in [-0.05, 0) is 37.5 Å². The number of nitrogens with one attached hydrogen (secondary N) is 2. The van der Waals surface area contributed by atoms with Crippen LogP contribution in [0, 0.1) is 17.8 Å². The standard InChI is InChI=1S/C18H31ClN4O4/c19-9-1-2-10-8(5-9)6-26-14(10)15-12(24)13(25)18(27-15)23-4-3-11-16(20)21-7-22-17(11)23/h8-18,21-22,24-25H,1-7,20H2/t8?,9?,10?,11?,12-,13+,14-,15-,16?,17?,18+/m0/s1. The highest BCUT2D eigenvalue weighted by molar-refractivity contribution is 6.20. The molecule has 0 aromatic rings. The van der Waals surface area contributed by atoms with Crippen molar-refractivity contribution < 1.29 is 19.7 Å². The van der Waals surface area contributed by atoms with Crippen molar-refractivity contribution in [2.24, 2.45) is 23.5 Å². The number of rotatable bonds is 2. The molecule has 1 saturated carbocycles. The van der Waals surface area contributed by atoms with Crippen molar-refractivity contribution in [3.05, 3.63) is 0 Å². The monoisotopic (exact) mass is 402 g/mol. The number of nitrogens with two attached hydrogens (primary N) is 1. The van der Waals surface area contributed by atoms with Crippen molar-refractivity contribution in [2.45, 2.75) is 74.0 Å². The fourth-order valence-electron chi connectivity index (χ4n) is 5.99. The summed E-state index contributed by atoms with van der Waals surface area (Å²) in [6, 6.07) is 0. The first kappa shape index (κ1) is 19.0. The van der Waals surface area contributed by atoms with Crippen LogP contribution < -0.4 is 16.4 Å². The smallest absolute Gasteiger partial charge is 0.141 e. The highest BCUT2D eigenvalue weighted by Crippen LogP contribution is 2.45. The first-order valence-corrected chi connectivity index (χ1v) is 10.7. The summed E-state index contributed by atoms with van der Waals surface area (Å²) in [5.74, 6) is 1.04. The molecule has 9 heteroatoms. The molecule has 11 atom stereocenters. The van der Waals surface area contributed by atoms with Gasteiger partial charge < -0.3 is 25.4 Å². The van der Waals surface area contributed by atoms with Crippen LogP contribution in [-0.2, 0) is 9.47 Å². The fourth-order valence-corrected chi connectivity index (χ4v) is 6.34. The molecule has 5 fully saturated rings. The summed E-state index contributed by atoms with van der Waals surface area (Å²) in [5.41, 5.74) is 6.19. The minimum atomic E-state index is -0.950. The van der Waals surface area contributed by atoms with Gasteiger partial charge in [0.2, 0.25) is 0 Å². The molecule has 0 aromatic carbocycles. The van der Waals surface area contributed by atoms with E-state index in [4.69, 9.17) is 26.8 Å². The van der Waals surface area contributed by atoms with Gasteiger partial charge in [-0.3, -0.25) is 15.5 Å². The van der Waals surface area contributed by atoms with Crippen LogP contribution in [0.5, 0.6) is 0 Å². The average Bonchev–Trinajstić information content (AvgIpc) is 3.33. The highest BCUT2D eigenvalue weighted by atomic mass is 35.5. The largest absolute Gasteiger partial charge is 0.387 e. The Morgan fingerprint density at radius 2 is 1.89 bits per heavy atom. The van der Waals surface area contributed by atoms with Crippen LogP contribution in [0.25, 0.3) is 0 Å². The minimum absolute atomic E-state index is 0.0517. The molecule has 6 unspecified atom stereocenters.